The quantitative estimate of drug-likeness (QED) is 0.700. The van der Waals surface area contributed by atoms with E-state index in [0.29, 0.717) is 6.04 Å². The monoisotopic (exact) mass is 333 g/mol. The van der Waals surface area contributed by atoms with E-state index in [-0.39, 0.29) is 0 Å². The maximum atomic E-state index is 5.27. The van der Waals surface area contributed by atoms with Gasteiger partial charge >= 0.3 is 0 Å². The molecule has 4 rings (SSSR count). The lowest BCUT2D eigenvalue weighted by atomic mass is 10.0. The van der Waals surface area contributed by atoms with E-state index >= 15 is 0 Å². The molecule has 0 N–H and O–H groups in total. The zero-order valence-electron chi connectivity index (χ0n) is 14.5. The van der Waals surface area contributed by atoms with Crippen LogP contribution in [-0.2, 0) is 6.54 Å². The van der Waals surface area contributed by atoms with Crippen molar-refractivity contribution in [3.05, 3.63) is 78.1 Å². The molecule has 3 aromatic rings. The van der Waals surface area contributed by atoms with Crippen LogP contribution < -0.4 is 4.74 Å². The fraction of sp³-hybridized carbons (Fsp3) is 0.286. The molecule has 0 spiro atoms. The molecule has 1 saturated heterocycles. The SMILES string of the molecule is COc1ccc([C@@H]2CCCN2Cc2cnn(-c3ccccc3)c2)cc1. The summed E-state index contributed by atoms with van der Waals surface area (Å²) in [6.07, 6.45) is 6.57. The van der Waals surface area contributed by atoms with Gasteiger partial charge in [-0.15, -0.1) is 0 Å². The van der Waals surface area contributed by atoms with Crippen molar-refractivity contribution in [1.82, 2.24) is 14.7 Å². The zero-order valence-corrected chi connectivity index (χ0v) is 14.5. The van der Waals surface area contributed by atoms with E-state index in [1.807, 2.05) is 29.1 Å². The van der Waals surface area contributed by atoms with Crippen LogP contribution in [0.15, 0.2) is 67.0 Å². The Balaban J connectivity index is 1.49. The van der Waals surface area contributed by atoms with Crippen molar-refractivity contribution in [3.8, 4) is 11.4 Å². The Hall–Kier alpha value is -2.59. The average molecular weight is 333 g/mol. The molecule has 0 amide bonds. The summed E-state index contributed by atoms with van der Waals surface area (Å²) in [7, 11) is 1.71. The summed E-state index contributed by atoms with van der Waals surface area (Å²) < 4.78 is 7.23. The molecule has 0 aliphatic carbocycles. The summed E-state index contributed by atoms with van der Waals surface area (Å²) in [4.78, 5) is 2.55. The van der Waals surface area contributed by atoms with Crippen LogP contribution in [0.2, 0.25) is 0 Å². The minimum Gasteiger partial charge on any atom is -0.497 e. The van der Waals surface area contributed by atoms with E-state index in [9.17, 15) is 0 Å². The molecule has 2 aromatic carbocycles. The van der Waals surface area contributed by atoms with Crippen LogP contribution in [0.25, 0.3) is 5.69 Å². The molecular weight excluding hydrogens is 310 g/mol. The maximum Gasteiger partial charge on any atom is 0.118 e. The minimum absolute atomic E-state index is 0.478. The number of para-hydroxylation sites is 1. The highest BCUT2D eigenvalue weighted by atomic mass is 16.5. The van der Waals surface area contributed by atoms with Gasteiger partial charge in [0.15, 0.2) is 0 Å². The van der Waals surface area contributed by atoms with Gasteiger partial charge in [0.05, 0.1) is 19.0 Å². The van der Waals surface area contributed by atoms with Crippen molar-refractivity contribution in [3.63, 3.8) is 0 Å². The normalized spacial score (nSPS) is 17.7. The molecule has 0 radical (unpaired) electrons. The van der Waals surface area contributed by atoms with E-state index < -0.39 is 0 Å². The fourth-order valence-corrected chi connectivity index (χ4v) is 3.62. The number of methoxy groups -OCH3 is 1. The highest BCUT2D eigenvalue weighted by Crippen LogP contribution is 2.33. The van der Waals surface area contributed by atoms with Gasteiger partial charge in [-0.1, -0.05) is 30.3 Å². The van der Waals surface area contributed by atoms with Gasteiger partial charge < -0.3 is 4.74 Å². The summed E-state index contributed by atoms with van der Waals surface area (Å²) in [6.45, 7) is 2.07. The summed E-state index contributed by atoms with van der Waals surface area (Å²) in [5.74, 6) is 0.914. The number of rotatable bonds is 5. The Labute approximate surface area is 148 Å². The Kier molecular flexibility index (Phi) is 4.53. The zero-order chi connectivity index (χ0) is 17.1. The smallest absolute Gasteiger partial charge is 0.118 e. The molecule has 2 heterocycles. The molecule has 1 aliphatic rings. The van der Waals surface area contributed by atoms with Crippen LogP contribution in [0.4, 0.5) is 0 Å². The molecule has 1 aliphatic heterocycles. The second-order valence-electron chi connectivity index (χ2n) is 6.53. The van der Waals surface area contributed by atoms with E-state index in [1.54, 1.807) is 7.11 Å². The Morgan fingerprint density at radius 1 is 1.08 bits per heavy atom. The third kappa shape index (κ3) is 3.44. The molecular formula is C21H23N3O. The highest BCUT2D eigenvalue weighted by Gasteiger charge is 2.26. The summed E-state index contributed by atoms with van der Waals surface area (Å²) in [5, 5.41) is 4.52. The van der Waals surface area contributed by atoms with Crippen LogP contribution in [0, 0.1) is 0 Å². The first kappa shape index (κ1) is 15.9. The molecule has 25 heavy (non-hydrogen) atoms. The van der Waals surface area contributed by atoms with Crippen LogP contribution in [0.5, 0.6) is 5.75 Å². The molecule has 0 bridgehead atoms. The lowest BCUT2D eigenvalue weighted by Gasteiger charge is -2.24. The lowest BCUT2D eigenvalue weighted by molar-refractivity contribution is 0.248. The Bertz CT molecular complexity index is 811. The van der Waals surface area contributed by atoms with Crippen LogP contribution in [-0.4, -0.2) is 28.3 Å². The van der Waals surface area contributed by atoms with Gasteiger partial charge in [0, 0.05) is 24.3 Å². The van der Waals surface area contributed by atoms with Gasteiger partial charge in [-0.05, 0) is 49.2 Å². The lowest BCUT2D eigenvalue weighted by Crippen LogP contribution is -2.22. The first-order valence-electron chi connectivity index (χ1n) is 8.80. The van der Waals surface area contributed by atoms with Gasteiger partial charge in [-0.3, -0.25) is 4.90 Å². The second kappa shape index (κ2) is 7.11. The molecule has 0 unspecified atom stereocenters. The van der Waals surface area contributed by atoms with Crippen molar-refractivity contribution in [2.45, 2.75) is 25.4 Å². The molecule has 128 valence electrons. The first-order valence-corrected chi connectivity index (χ1v) is 8.80. The highest BCUT2D eigenvalue weighted by molar-refractivity contribution is 5.32. The number of benzene rings is 2. The van der Waals surface area contributed by atoms with E-state index in [2.05, 4.69) is 52.6 Å². The molecule has 1 atom stereocenters. The third-order valence-electron chi connectivity index (χ3n) is 4.91. The largest absolute Gasteiger partial charge is 0.497 e. The summed E-state index contributed by atoms with van der Waals surface area (Å²) >= 11 is 0. The third-order valence-corrected chi connectivity index (χ3v) is 4.91. The minimum atomic E-state index is 0.478. The van der Waals surface area contributed by atoms with Gasteiger partial charge in [0.1, 0.15) is 5.75 Å². The van der Waals surface area contributed by atoms with Crippen molar-refractivity contribution in [2.24, 2.45) is 0 Å². The van der Waals surface area contributed by atoms with E-state index in [4.69, 9.17) is 4.74 Å². The van der Waals surface area contributed by atoms with Crippen LogP contribution in [0.1, 0.15) is 30.0 Å². The van der Waals surface area contributed by atoms with Crippen LogP contribution >= 0.6 is 0 Å². The van der Waals surface area contributed by atoms with E-state index in [0.717, 1.165) is 24.5 Å². The average Bonchev–Trinajstić information content (AvgIpc) is 3.33. The molecule has 1 fully saturated rings. The van der Waals surface area contributed by atoms with Gasteiger partial charge in [0.2, 0.25) is 0 Å². The molecule has 4 heteroatoms. The predicted octanol–water partition coefficient (Wildman–Crippen LogP) is 4.22. The Morgan fingerprint density at radius 3 is 2.64 bits per heavy atom. The van der Waals surface area contributed by atoms with E-state index in [1.165, 1.54) is 24.0 Å². The fourth-order valence-electron chi connectivity index (χ4n) is 3.62. The number of aromatic nitrogens is 2. The molecule has 1 aromatic heterocycles. The topological polar surface area (TPSA) is 30.3 Å². The summed E-state index contributed by atoms with van der Waals surface area (Å²) in [5.41, 5.74) is 3.72. The number of ether oxygens (including phenoxy) is 1. The predicted molar refractivity (Wildman–Crippen MR) is 98.9 cm³/mol. The Morgan fingerprint density at radius 2 is 1.88 bits per heavy atom. The van der Waals surface area contributed by atoms with Crippen molar-refractivity contribution >= 4 is 0 Å². The van der Waals surface area contributed by atoms with Gasteiger partial charge in [0.25, 0.3) is 0 Å². The maximum absolute atomic E-state index is 5.27. The molecule has 0 saturated carbocycles. The van der Waals surface area contributed by atoms with Crippen LogP contribution in [0.3, 0.4) is 0 Å². The van der Waals surface area contributed by atoms with Crippen molar-refractivity contribution < 1.29 is 4.74 Å². The first-order chi connectivity index (χ1) is 12.3. The summed E-state index contributed by atoms with van der Waals surface area (Å²) in [6, 6.07) is 19.2. The number of nitrogens with zero attached hydrogens (tertiary/aromatic N) is 3. The van der Waals surface area contributed by atoms with Crippen molar-refractivity contribution in [1.29, 1.82) is 0 Å². The number of likely N-dealkylation sites (tertiary alicyclic amines) is 1. The van der Waals surface area contributed by atoms with Crippen molar-refractivity contribution in [2.75, 3.05) is 13.7 Å². The standard InChI is InChI=1S/C21H23N3O/c1-25-20-11-9-18(10-12-20)21-8-5-13-23(21)15-17-14-22-24(16-17)19-6-3-2-4-7-19/h2-4,6-7,9-12,14,16,21H,5,8,13,15H2,1H3/t21-/m0/s1. The van der Waals surface area contributed by atoms with Gasteiger partial charge in [-0.25, -0.2) is 4.68 Å². The van der Waals surface area contributed by atoms with Gasteiger partial charge in [-0.2, -0.15) is 5.10 Å². The number of hydrogen-bond acceptors (Lipinski definition) is 3. The number of hydrogen-bond donors (Lipinski definition) is 0. The molecule has 4 nitrogen and oxygen atoms in total. The second-order valence-corrected chi connectivity index (χ2v) is 6.53.